The molecule has 118 valence electrons. The van der Waals surface area contributed by atoms with Crippen LogP contribution in [0.4, 0.5) is 0 Å². The number of aromatic carboxylic acids is 1. The normalized spacial score (nSPS) is 11.6. The van der Waals surface area contributed by atoms with E-state index >= 15 is 0 Å². The van der Waals surface area contributed by atoms with E-state index in [-0.39, 0.29) is 35.6 Å². The minimum Gasteiger partial charge on any atom is -0.477 e. The minimum atomic E-state index is -3.81. The van der Waals surface area contributed by atoms with Crippen molar-refractivity contribution in [3.05, 3.63) is 18.0 Å². The maximum Gasteiger partial charge on any atom is 0.352 e. The molecule has 1 rings (SSSR count). The Morgan fingerprint density at radius 2 is 1.95 bits per heavy atom. The number of carboxylic acids is 1. The van der Waals surface area contributed by atoms with Crippen molar-refractivity contribution in [2.45, 2.75) is 31.7 Å². The number of carbonyl (C=O) groups is 2. The van der Waals surface area contributed by atoms with Gasteiger partial charge in [0, 0.05) is 32.3 Å². The third-order valence-electron chi connectivity index (χ3n) is 2.70. The number of nitrogens with one attached hydrogen (secondary N) is 2. The fourth-order valence-electron chi connectivity index (χ4n) is 1.71. The largest absolute Gasteiger partial charge is 0.477 e. The number of hydrogen-bond acceptors (Lipinski definition) is 4. The number of carbonyl (C=O) groups excluding carboxylic acids is 1. The number of amides is 1. The van der Waals surface area contributed by atoms with Gasteiger partial charge in [-0.25, -0.2) is 17.9 Å². The summed E-state index contributed by atoms with van der Waals surface area (Å²) in [4.78, 5) is 21.7. The molecule has 0 unspecified atom stereocenters. The Hall–Kier alpha value is -1.87. The third-order valence-corrected chi connectivity index (χ3v) is 4.13. The molecule has 0 aliphatic rings. The summed E-state index contributed by atoms with van der Waals surface area (Å²) >= 11 is 0. The molecule has 1 amide bonds. The van der Waals surface area contributed by atoms with Crippen molar-refractivity contribution in [2.75, 3.05) is 13.1 Å². The molecule has 0 aliphatic heterocycles. The van der Waals surface area contributed by atoms with Gasteiger partial charge in [-0.1, -0.05) is 0 Å². The zero-order valence-corrected chi connectivity index (χ0v) is 12.9. The lowest BCUT2D eigenvalue weighted by Crippen LogP contribution is -2.33. The van der Waals surface area contributed by atoms with Gasteiger partial charge >= 0.3 is 5.97 Å². The van der Waals surface area contributed by atoms with Crippen LogP contribution in [0.25, 0.3) is 0 Å². The fourth-order valence-corrected chi connectivity index (χ4v) is 2.76. The first kappa shape index (κ1) is 17.2. The monoisotopic (exact) mass is 317 g/mol. The van der Waals surface area contributed by atoms with E-state index < -0.39 is 16.0 Å². The number of carboxylic acid groups (broad SMARTS) is 1. The van der Waals surface area contributed by atoms with Crippen molar-refractivity contribution in [1.82, 2.24) is 14.6 Å². The second-order valence-corrected chi connectivity index (χ2v) is 6.51. The lowest BCUT2D eigenvalue weighted by atomic mass is 10.3. The van der Waals surface area contributed by atoms with Crippen molar-refractivity contribution in [2.24, 2.45) is 0 Å². The molecule has 3 N–H and O–H groups in total. The molecule has 0 radical (unpaired) electrons. The molecule has 1 heterocycles. The average Bonchev–Trinajstić information content (AvgIpc) is 2.80. The highest BCUT2D eigenvalue weighted by Crippen LogP contribution is 2.18. The zero-order chi connectivity index (χ0) is 16.2. The van der Waals surface area contributed by atoms with Crippen molar-refractivity contribution in [3.63, 3.8) is 0 Å². The van der Waals surface area contributed by atoms with Gasteiger partial charge in [0.2, 0.25) is 15.9 Å². The summed E-state index contributed by atoms with van der Waals surface area (Å²) in [5, 5.41) is 11.5. The highest BCUT2D eigenvalue weighted by molar-refractivity contribution is 7.89. The van der Waals surface area contributed by atoms with E-state index in [2.05, 4.69) is 10.0 Å². The molecule has 0 saturated carbocycles. The van der Waals surface area contributed by atoms with Crippen molar-refractivity contribution < 1.29 is 23.1 Å². The van der Waals surface area contributed by atoms with Crippen LogP contribution in [0.15, 0.2) is 17.2 Å². The Morgan fingerprint density at radius 1 is 1.33 bits per heavy atom. The van der Waals surface area contributed by atoms with Crippen LogP contribution < -0.4 is 10.0 Å². The van der Waals surface area contributed by atoms with Gasteiger partial charge in [0.05, 0.1) is 0 Å². The third kappa shape index (κ3) is 4.57. The average molecular weight is 317 g/mol. The van der Waals surface area contributed by atoms with E-state index in [9.17, 15) is 18.0 Å². The molecular formula is C12H19N3O5S. The minimum absolute atomic E-state index is 0.0250. The van der Waals surface area contributed by atoms with Crippen molar-refractivity contribution in [1.29, 1.82) is 0 Å². The number of nitrogens with zero attached hydrogens (tertiary/aromatic N) is 1. The molecule has 0 aromatic carbocycles. The Labute approximate surface area is 123 Å². The summed E-state index contributed by atoms with van der Waals surface area (Å²) in [5.41, 5.74) is -0.0905. The predicted octanol–water partition coefficient (Wildman–Crippen LogP) is 0.182. The van der Waals surface area contributed by atoms with Gasteiger partial charge in [-0.2, -0.15) is 0 Å². The van der Waals surface area contributed by atoms with E-state index in [1.54, 1.807) is 13.8 Å². The van der Waals surface area contributed by atoms with Crippen LogP contribution in [0.5, 0.6) is 0 Å². The van der Waals surface area contributed by atoms with Crippen LogP contribution >= 0.6 is 0 Å². The summed E-state index contributed by atoms with van der Waals surface area (Å²) in [6.45, 7) is 5.03. The highest BCUT2D eigenvalue weighted by atomic mass is 32.2. The van der Waals surface area contributed by atoms with Gasteiger partial charge in [-0.05, 0) is 19.9 Å². The van der Waals surface area contributed by atoms with Crippen LogP contribution in [0.2, 0.25) is 0 Å². The first-order chi connectivity index (χ1) is 9.65. The van der Waals surface area contributed by atoms with Gasteiger partial charge in [-0.3, -0.25) is 4.79 Å². The summed E-state index contributed by atoms with van der Waals surface area (Å²) in [6.07, 6.45) is 1.29. The molecule has 0 fully saturated rings. The maximum absolute atomic E-state index is 12.1. The van der Waals surface area contributed by atoms with E-state index in [0.29, 0.717) is 0 Å². The Kier molecular flexibility index (Phi) is 5.50. The van der Waals surface area contributed by atoms with Crippen LogP contribution in [-0.4, -0.2) is 43.1 Å². The number of rotatable bonds is 7. The fraction of sp³-hybridized carbons (Fsp3) is 0.500. The van der Waals surface area contributed by atoms with Gasteiger partial charge < -0.3 is 15.0 Å². The molecule has 21 heavy (non-hydrogen) atoms. The SMILES string of the molecule is CC(=O)NCCNS(=O)(=O)c1cc(C(=O)O)n(C(C)C)c1. The van der Waals surface area contributed by atoms with E-state index in [1.807, 2.05) is 0 Å². The number of sulfonamides is 1. The Bertz CT molecular complexity index is 633. The van der Waals surface area contributed by atoms with Gasteiger partial charge in [-0.15, -0.1) is 0 Å². The Balaban J connectivity index is 2.91. The standard InChI is InChI=1S/C12H19N3O5S/c1-8(2)15-7-10(6-11(15)12(17)18)21(19,20)14-5-4-13-9(3)16/h6-8,14H,4-5H2,1-3H3,(H,13,16)(H,17,18). The van der Waals surface area contributed by atoms with Crippen LogP contribution in [0, 0.1) is 0 Å². The van der Waals surface area contributed by atoms with E-state index in [4.69, 9.17) is 5.11 Å². The molecule has 0 saturated heterocycles. The summed E-state index contributed by atoms with van der Waals surface area (Å²) in [5.74, 6) is -1.45. The highest BCUT2D eigenvalue weighted by Gasteiger charge is 2.22. The molecule has 0 spiro atoms. The van der Waals surface area contributed by atoms with Crippen LogP contribution in [0.1, 0.15) is 37.3 Å². The molecule has 0 bridgehead atoms. The summed E-state index contributed by atoms with van der Waals surface area (Å²) in [6, 6.07) is 0.933. The van der Waals surface area contributed by atoms with Gasteiger partial charge in [0.25, 0.3) is 0 Å². The molecule has 8 nitrogen and oxygen atoms in total. The summed E-state index contributed by atoms with van der Waals surface area (Å²) in [7, 11) is -3.81. The topological polar surface area (TPSA) is 118 Å². The molecule has 9 heteroatoms. The molecule has 0 aliphatic carbocycles. The maximum atomic E-state index is 12.1. The Morgan fingerprint density at radius 3 is 2.38 bits per heavy atom. The van der Waals surface area contributed by atoms with E-state index in [0.717, 1.165) is 6.07 Å². The second kappa shape index (κ2) is 6.72. The number of aromatic nitrogens is 1. The van der Waals surface area contributed by atoms with Crippen LogP contribution in [0.3, 0.4) is 0 Å². The predicted molar refractivity (Wildman–Crippen MR) is 75.6 cm³/mol. The molecular weight excluding hydrogens is 298 g/mol. The van der Waals surface area contributed by atoms with Crippen molar-refractivity contribution in [3.8, 4) is 0 Å². The van der Waals surface area contributed by atoms with Crippen molar-refractivity contribution >= 4 is 21.9 Å². The lowest BCUT2D eigenvalue weighted by molar-refractivity contribution is -0.118. The molecule has 0 atom stereocenters. The van der Waals surface area contributed by atoms with Crippen LogP contribution in [-0.2, 0) is 14.8 Å². The van der Waals surface area contributed by atoms with Gasteiger partial charge in [0.1, 0.15) is 10.6 Å². The quantitative estimate of drug-likeness (QED) is 0.620. The van der Waals surface area contributed by atoms with E-state index in [1.165, 1.54) is 17.7 Å². The first-order valence-corrected chi connectivity index (χ1v) is 7.82. The lowest BCUT2D eigenvalue weighted by Gasteiger charge is -2.09. The molecule has 1 aromatic rings. The summed E-state index contributed by atoms with van der Waals surface area (Å²) < 4.78 is 27.8. The zero-order valence-electron chi connectivity index (χ0n) is 12.1. The number of hydrogen-bond donors (Lipinski definition) is 3. The first-order valence-electron chi connectivity index (χ1n) is 6.34. The van der Waals surface area contributed by atoms with Gasteiger partial charge in [0.15, 0.2) is 0 Å². The smallest absolute Gasteiger partial charge is 0.352 e. The second-order valence-electron chi connectivity index (χ2n) is 4.75. The molecule has 1 aromatic heterocycles.